The molecule has 0 aliphatic carbocycles. The standard InChI is InChI=1S/C17H9N5O2/c18-8-10-2-1-3-11(6-10)16-13-7-12(22(23)24)4-5-15(13)21-17(20)14(16)9-19/h1-7H,(H2,20,21). The molecule has 0 atom stereocenters. The van der Waals surface area contributed by atoms with Crippen LogP contribution in [0, 0.1) is 32.8 Å². The molecule has 0 saturated heterocycles. The maximum Gasteiger partial charge on any atom is 0.270 e. The van der Waals surface area contributed by atoms with Gasteiger partial charge in [0.15, 0.2) is 0 Å². The van der Waals surface area contributed by atoms with Crippen LogP contribution in [0.25, 0.3) is 22.0 Å². The lowest BCUT2D eigenvalue weighted by atomic mass is 9.95. The van der Waals surface area contributed by atoms with Gasteiger partial charge in [0.25, 0.3) is 5.69 Å². The number of nitrogens with zero attached hydrogens (tertiary/aromatic N) is 4. The molecule has 24 heavy (non-hydrogen) atoms. The highest BCUT2D eigenvalue weighted by Gasteiger charge is 2.18. The van der Waals surface area contributed by atoms with Crippen LogP contribution in [0.15, 0.2) is 42.5 Å². The van der Waals surface area contributed by atoms with Crippen molar-refractivity contribution in [3.63, 3.8) is 0 Å². The van der Waals surface area contributed by atoms with Gasteiger partial charge >= 0.3 is 0 Å². The Hall–Kier alpha value is -3.97. The molecule has 0 bridgehead atoms. The summed E-state index contributed by atoms with van der Waals surface area (Å²) >= 11 is 0. The summed E-state index contributed by atoms with van der Waals surface area (Å²) in [4.78, 5) is 14.7. The lowest BCUT2D eigenvalue weighted by Crippen LogP contribution is -2.00. The topological polar surface area (TPSA) is 130 Å². The third-order valence-corrected chi connectivity index (χ3v) is 3.60. The van der Waals surface area contributed by atoms with Gasteiger partial charge in [0, 0.05) is 23.1 Å². The molecule has 114 valence electrons. The van der Waals surface area contributed by atoms with Crippen LogP contribution in [0.1, 0.15) is 11.1 Å². The average molecular weight is 315 g/mol. The highest BCUT2D eigenvalue weighted by Crippen LogP contribution is 2.35. The summed E-state index contributed by atoms with van der Waals surface area (Å²) in [6, 6.07) is 14.8. The molecule has 3 rings (SSSR count). The van der Waals surface area contributed by atoms with Gasteiger partial charge < -0.3 is 5.73 Å². The first-order valence-electron chi connectivity index (χ1n) is 6.83. The second-order valence-electron chi connectivity index (χ2n) is 5.01. The van der Waals surface area contributed by atoms with E-state index in [1.54, 1.807) is 24.3 Å². The fraction of sp³-hybridized carbons (Fsp3) is 0. The number of hydrogen-bond acceptors (Lipinski definition) is 6. The van der Waals surface area contributed by atoms with Crippen molar-refractivity contribution in [3.05, 3.63) is 63.7 Å². The summed E-state index contributed by atoms with van der Waals surface area (Å²) in [6.07, 6.45) is 0. The predicted octanol–water partition coefficient (Wildman–Crippen LogP) is 3.14. The Morgan fingerprint density at radius 1 is 1.12 bits per heavy atom. The fourth-order valence-electron chi connectivity index (χ4n) is 2.54. The molecule has 7 nitrogen and oxygen atoms in total. The Balaban J connectivity index is 2.46. The summed E-state index contributed by atoms with van der Waals surface area (Å²) in [7, 11) is 0. The molecular formula is C17H9N5O2. The third kappa shape index (κ3) is 2.36. The van der Waals surface area contributed by atoms with Crippen LogP contribution in [-0.4, -0.2) is 9.91 Å². The van der Waals surface area contributed by atoms with Gasteiger partial charge in [0.2, 0.25) is 0 Å². The van der Waals surface area contributed by atoms with E-state index in [2.05, 4.69) is 4.98 Å². The van der Waals surface area contributed by atoms with Crippen molar-refractivity contribution in [2.24, 2.45) is 0 Å². The minimum atomic E-state index is -0.517. The van der Waals surface area contributed by atoms with Crippen molar-refractivity contribution >= 4 is 22.4 Å². The predicted molar refractivity (Wildman–Crippen MR) is 87.7 cm³/mol. The van der Waals surface area contributed by atoms with E-state index in [0.29, 0.717) is 27.6 Å². The number of fused-ring (bicyclic) bond motifs is 1. The van der Waals surface area contributed by atoms with Crippen LogP contribution in [-0.2, 0) is 0 Å². The molecular weight excluding hydrogens is 306 g/mol. The molecule has 3 aromatic rings. The lowest BCUT2D eigenvalue weighted by Gasteiger charge is -2.11. The molecule has 1 aromatic heterocycles. The van der Waals surface area contributed by atoms with Crippen LogP contribution in [0.4, 0.5) is 11.5 Å². The number of aromatic nitrogens is 1. The summed E-state index contributed by atoms with van der Waals surface area (Å²) in [5, 5.41) is 30.0. The fourth-order valence-corrected chi connectivity index (χ4v) is 2.54. The highest BCUT2D eigenvalue weighted by molar-refractivity contribution is 6.00. The van der Waals surface area contributed by atoms with Gasteiger partial charge in [0.05, 0.1) is 22.1 Å². The van der Waals surface area contributed by atoms with Gasteiger partial charge in [0.1, 0.15) is 17.5 Å². The van der Waals surface area contributed by atoms with Crippen LogP contribution >= 0.6 is 0 Å². The Morgan fingerprint density at radius 2 is 1.92 bits per heavy atom. The monoisotopic (exact) mass is 315 g/mol. The molecule has 0 radical (unpaired) electrons. The molecule has 0 aliphatic heterocycles. The Labute approximate surface area is 136 Å². The Kier molecular flexibility index (Phi) is 3.53. The van der Waals surface area contributed by atoms with Gasteiger partial charge in [-0.3, -0.25) is 10.1 Å². The number of anilines is 1. The number of hydrogen-bond donors (Lipinski definition) is 1. The maximum atomic E-state index is 11.1. The van der Waals surface area contributed by atoms with Crippen LogP contribution in [0.3, 0.4) is 0 Å². The van der Waals surface area contributed by atoms with Crippen molar-refractivity contribution in [2.45, 2.75) is 0 Å². The van der Waals surface area contributed by atoms with E-state index in [1.807, 2.05) is 12.1 Å². The van der Waals surface area contributed by atoms with Crippen molar-refractivity contribution in [3.8, 4) is 23.3 Å². The molecule has 2 N–H and O–H groups in total. The van der Waals surface area contributed by atoms with E-state index in [4.69, 9.17) is 11.0 Å². The largest absolute Gasteiger partial charge is 0.383 e. The number of nitro benzene ring substituents is 1. The van der Waals surface area contributed by atoms with E-state index in [9.17, 15) is 15.4 Å². The smallest absolute Gasteiger partial charge is 0.270 e. The lowest BCUT2D eigenvalue weighted by molar-refractivity contribution is -0.384. The number of nitrogens with two attached hydrogens (primary N) is 1. The SMILES string of the molecule is N#Cc1cccc(-c2c(C#N)c(N)nc3ccc([N+](=O)[O-])cc23)c1. The zero-order chi connectivity index (χ0) is 17.3. The van der Waals surface area contributed by atoms with E-state index >= 15 is 0 Å². The van der Waals surface area contributed by atoms with Crippen molar-refractivity contribution < 1.29 is 4.92 Å². The molecule has 2 aromatic carbocycles. The van der Waals surface area contributed by atoms with Crippen molar-refractivity contribution in [1.82, 2.24) is 4.98 Å². The minimum Gasteiger partial charge on any atom is -0.383 e. The van der Waals surface area contributed by atoms with Gasteiger partial charge in [-0.2, -0.15) is 10.5 Å². The number of nitro groups is 1. The van der Waals surface area contributed by atoms with Gasteiger partial charge in [-0.05, 0) is 23.8 Å². The summed E-state index contributed by atoms with van der Waals surface area (Å²) in [5.74, 6) is 0.0382. The highest BCUT2D eigenvalue weighted by atomic mass is 16.6. The summed E-state index contributed by atoms with van der Waals surface area (Å²) in [5.41, 5.74) is 7.73. The summed E-state index contributed by atoms with van der Waals surface area (Å²) in [6.45, 7) is 0. The first kappa shape index (κ1) is 14.9. The van der Waals surface area contributed by atoms with Gasteiger partial charge in [-0.15, -0.1) is 0 Å². The Bertz CT molecular complexity index is 1080. The minimum absolute atomic E-state index is 0.0382. The molecule has 0 unspecified atom stereocenters. The molecule has 0 aliphatic rings. The maximum absolute atomic E-state index is 11.1. The third-order valence-electron chi connectivity index (χ3n) is 3.60. The molecule has 0 amide bonds. The normalized spacial score (nSPS) is 10.1. The number of rotatable bonds is 2. The first-order chi connectivity index (χ1) is 11.5. The number of nitriles is 2. The molecule has 0 fully saturated rings. The van der Waals surface area contributed by atoms with Crippen molar-refractivity contribution in [2.75, 3.05) is 5.73 Å². The number of nitrogen functional groups attached to an aromatic ring is 1. The quantitative estimate of drug-likeness (QED) is 0.571. The zero-order valence-electron chi connectivity index (χ0n) is 12.2. The van der Waals surface area contributed by atoms with E-state index < -0.39 is 4.92 Å². The average Bonchev–Trinajstić information content (AvgIpc) is 2.60. The second-order valence-corrected chi connectivity index (χ2v) is 5.01. The van der Waals surface area contributed by atoms with E-state index in [-0.39, 0.29) is 17.1 Å². The van der Waals surface area contributed by atoms with Gasteiger partial charge in [-0.1, -0.05) is 12.1 Å². The van der Waals surface area contributed by atoms with Crippen molar-refractivity contribution in [1.29, 1.82) is 10.5 Å². The van der Waals surface area contributed by atoms with E-state index in [0.717, 1.165) is 0 Å². The molecule has 1 heterocycles. The number of benzene rings is 2. The number of non-ortho nitro benzene ring substituents is 1. The van der Waals surface area contributed by atoms with Crippen LogP contribution in [0.5, 0.6) is 0 Å². The summed E-state index contributed by atoms with van der Waals surface area (Å²) < 4.78 is 0. The molecule has 0 saturated carbocycles. The Morgan fingerprint density at radius 3 is 2.58 bits per heavy atom. The van der Waals surface area contributed by atoms with Crippen LogP contribution < -0.4 is 5.73 Å². The van der Waals surface area contributed by atoms with E-state index in [1.165, 1.54) is 18.2 Å². The first-order valence-corrected chi connectivity index (χ1v) is 6.83. The van der Waals surface area contributed by atoms with Crippen LogP contribution in [0.2, 0.25) is 0 Å². The number of pyridine rings is 1. The van der Waals surface area contributed by atoms with Gasteiger partial charge in [-0.25, -0.2) is 4.98 Å². The zero-order valence-corrected chi connectivity index (χ0v) is 12.2. The molecule has 7 heteroatoms. The molecule has 0 spiro atoms. The second kappa shape index (κ2) is 5.67.